The highest BCUT2D eigenvalue weighted by atomic mass is 16.6. The van der Waals surface area contributed by atoms with Gasteiger partial charge in [0.25, 0.3) is 5.88 Å². The lowest BCUT2D eigenvalue weighted by molar-refractivity contribution is 0.0466. The largest absolute Gasteiger partial charge is 0.478 e. The third-order valence-electron chi connectivity index (χ3n) is 6.25. The molecule has 0 aliphatic carbocycles. The Labute approximate surface area is 203 Å². The van der Waals surface area contributed by atoms with Gasteiger partial charge in [-0.25, -0.2) is 15.0 Å². The average Bonchev–Trinajstić information content (AvgIpc) is 2.92. The highest BCUT2D eigenvalue weighted by Gasteiger charge is 2.27. The Kier molecular flexibility index (Phi) is 5.70. The van der Waals surface area contributed by atoms with Crippen LogP contribution < -0.4 is 14.2 Å². The molecule has 35 heavy (non-hydrogen) atoms. The van der Waals surface area contributed by atoms with E-state index in [-0.39, 0.29) is 6.10 Å². The van der Waals surface area contributed by atoms with E-state index in [4.69, 9.17) is 18.9 Å². The van der Waals surface area contributed by atoms with Crippen molar-refractivity contribution in [1.29, 1.82) is 0 Å². The summed E-state index contributed by atoms with van der Waals surface area (Å²) in [7, 11) is 0. The zero-order valence-electron chi connectivity index (χ0n) is 19.5. The lowest BCUT2D eigenvalue weighted by atomic mass is 9.92. The maximum Gasteiger partial charge on any atom is 0.257 e. The van der Waals surface area contributed by atoms with Crippen LogP contribution in [0.3, 0.4) is 0 Å². The van der Waals surface area contributed by atoms with Crippen LogP contribution in [0.1, 0.15) is 18.1 Å². The molecule has 5 heterocycles. The second kappa shape index (κ2) is 9.29. The Hall–Kier alpha value is -4.07. The number of aliphatic imine (C=N–C) groups is 1. The molecule has 0 spiro atoms. The molecule has 3 aromatic rings. The van der Waals surface area contributed by atoms with Crippen molar-refractivity contribution in [2.24, 2.45) is 4.99 Å². The predicted octanol–water partition coefficient (Wildman–Crippen LogP) is 3.97. The first-order valence-electron chi connectivity index (χ1n) is 11.9. The minimum atomic E-state index is -0.217. The minimum Gasteiger partial charge on any atom is -0.478 e. The minimum absolute atomic E-state index is 0.217. The Morgan fingerprint density at radius 2 is 1.97 bits per heavy atom. The van der Waals surface area contributed by atoms with E-state index in [9.17, 15) is 0 Å². The Morgan fingerprint density at radius 1 is 1.06 bits per heavy atom. The first kappa shape index (κ1) is 21.5. The smallest absolute Gasteiger partial charge is 0.257 e. The Balaban J connectivity index is 1.19. The van der Waals surface area contributed by atoms with Crippen molar-refractivity contribution in [3.63, 3.8) is 0 Å². The fraction of sp³-hybridized carbons (Fsp3) is 0.296. The van der Waals surface area contributed by atoms with Gasteiger partial charge in [-0.1, -0.05) is 18.2 Å². The van der Waals surface area contributed by atoms with Gasteiger partial charge >= 0.3 is 0 Å². The molecule has 3 aliphatic heterocycles. The number of hydrogen-bond acceptors (Lipinski definition) is 8. The first-order valence-corrected chi connectivity index (χ1v) is 11.9. The molecule has 0 amide bonds. The van der Waals surface area contributed by atoms with E-state index in [1.54, 1.807) is 12.4 Å². The predicted molar refractivity (Wildman–Crippen MR) is 132 cm³/mol. The summed E-state index contributed by atoms with van der Waals surface area (Å²) in [5, 5.41) is 0. The summed E-state index contributed by atoms with van der Waals surface area (Å²) in [5.41, 5.74) is 5.75. The fourth-order valence-electron chi connectivity index (χ4n) is 4.57. The standard InChI is InChI=1S/C27H26N4O4/c1-2-32-26-22(5-3-10-28-26)18-7-8-21-19(13-18)9-12-31-17-30-25(14-23(21)31)33-15-20-16-34-27-24(35-20)6-4-11-29-27/h3-8,10-11,13-14,20H,2,9,12,15-17H2,1H3. The van der Waals surface area contributed by atoms with E-state index in [0.717, 1.165) is 29.8 Å². The second-order valence-electron chi connectivity index (χ2n) is 8.51. The quantitative estimate of drug-likeness (QED) is 0.558. The maximum atomic E-state index is 6.03. The molecule has 1 aromatic carbocycles. The summed E-state index contributed by atoms with van der Waals surface area (Å²) in [5.74, 6) is 2.44. The molecule has 0 radical (unpaired) electrons. The maximum absolute atomic E-state index is 6.03. The van der Waals surface area contributed by atoms with E-state index in [1.165, 1.54) is 11.1 Å². The number of rotatable bonds is 5. The van der Waals surface area contributed by atoms with Gasteiger partial charge in [0.1, 0.15) is 19.9 Å². The van der Waals surface area contributed by atoms with Crippen LogP contribution in [0.15, 0.2) is 65.9 Å². The normalized spacial score (nSPS) is 18.1. The summed E-state index contributed by atoms with van der Waals surface area (Å²) >= 11 is 0. The lowest BCUT2D eigenvalue weighted by Crippen LogP contribution is -2.36. The second-order valence-corrected chi connectivity index (χ2v) is 8.51. The topological polar surface area (TPSA) is 78.3 Å². The number of nitrogens with zero attached hydrogens (tertiary/aromatic N) is 4. The van der Waals surface area contributed by atoms with E-state index >= 15 is 0 Å². The van der Waals surface area contributed by atoms with Crippen molar-refractivity contribution < 1.29 is 18.9 Å². The molecule has 0 saturated heterocycles. The number of hydrogen-bond donors (Lipinski definition) is 0. The number of aromatic nitrogens is 2. The van der Waals surface area contributed by atoms with E-state index in [0.29, 0.717) is 49.9 Å². The van der Waals surface area contributed by atoms with E-state index in [1.807, 2.05) is 31.2 Å². The van der Waals surface area contributed by atoms with Crippen LogP contribution >= 0.6 is 0 Å². The van der Waals surface area contributed by atoms with Crippen LogP contribution in [0.4, 0.5) is 0 Å². The van der Waals surface area contributed by atoms with Gasteiger partial charge in [-0.2, -0.15) is 0 Å². The molecule has 0 saturated carbocycles. The highest BCUT2D eigenvalue weighted by Crippen LogP contribution is 2.36. The molecule has 178 valence electrons. The fourth-order valence-corrected chi connectivity index (χ4v) is 4.57. The highest BCUT2D eigenvalue weighted by molar-refractivity contribution is 5.97. The van der Waals surface area contributed by atoms with Crippen molar-refractivity contribution in [3.05, 3.63) is 72.1 Å². The Morgan fingerprint density at radius 3 is 2.91 bits per heavy atom. The van der Waals surface area contributed by atoms with Gasteiger partial charge in [0.15, 0.2) is 11.9 Å². The van der Waals surface area contributed by atoms with Crippen LogP contribution in [0, 0.1) is 0 Å². The molecule has 0 bridgehead atoms. The zero-order chi connectivity index (χ0) is 23.6. The molecular weight excluding hydrogens is 444 g/mol. The molecule has 1 atom stereocenters. The molecule has 1 unspecified atom stereocenters. The number of benzene rings is 1. The van der Waals surface area contributed by atoms with Crippen LogP contribution in [0.2, 0.25) is 0 Å². The summed E-state index contributed by atoms with van der Waals surface area (Å²) in [6, 6.07) is 14.2. The molecular formula is C27H26N4O4. The van der Waals surface area contributed by atoms with Crippen LogP contribution in [0.25, 0.3) is 16.8 Å². The van der Waals surface area contributed by atoms with E-state index < -0.39 is 0 Å². The van der Waals surface area contributed by atoms with Crippen LogP contribution in [-0.2, 0) is 11.2 Å². The molecule has 0 fully saturated rings. The van der Waals surface area contributed by atoms with Gasteiger partial charge in [-0.3, -0.25) is 0 Å². The summed E-state index contributed by atoms with van der Waals surface area (Å²) in [4.78, 5) is 15.5. The zero-order valence-corrected chi connectivity index (χ0v) is 19.5. The SMILES string of the molecule is CCOc1ncccc1-c1ccc2c(c1)CCN1CN=C(OCC3COc4ncccc4O3)C=C21. The molecule has 0 N–H and O–H groups in total. The van der Waals surface area contributed by atoms with Gasteiger partial charge < -0.3 is 23.8 Å². The van der Waals surface area contributed by atoms with Crippen LogP contribution in [-0.4, -0.2) is 59.9 Å². The van der Waals surface area contributed by atoms with Crippen molar-refractivity contribution in [1.82, 2.24) is 14.9 Å². The van der Waals surface area contributed by atoms with E-state index in [2.05, 4.69) is 44.1 Å². The van der Waals surface area contributed by atoms with Crippen molar-refractivity contribution in [2.75, 3.05) is 33.0 Å². The number of pyridine rings is 2. The average molecular weight is 471 g/mol. The summed E-state index contributed by atoms with van der Waals surface area (Å²) in [6.45, 7) is 4.79. The monoisotopic (exact) mass is 470 g/mol. The lowest BCUT2D eigenvalue weighted by Gasteiger charge is -2.35. The van der Waals surface area contributed by atoms with Crippen LogP contribution in [0.5, 0.6) is 17.5 Å². The molecule has 3 aliphatic rings. The van der Waals surface area contributed by atoms with Gasteiger partial charge in [0.05, 0.1) is 12.3 Å². The first-order chi connectivity index (χ1) is 17.3. The summed E-state index contributed by atoms with van der Waals surface area (Å²) < 4.78 is 23.4. The van der Waals surface area contributed by atoms with Gasteiger partial charge in [-0.15, -0.1) is 0 Å². The van der Waals surface area contributed by atoms with Gasteiger partial charge in [0, 0.05) is 36.1 Å². The van der Waals surface area contributed by atoms with Gasteiger partial charge in [-0.05, 0) is 48.7 Å². The number of ether oxygens (including phenoxy) is 4. The van der Waals surface area contributed by atoms with Crippen molar-refractivity contribution in [3.8, 4) is 28.6 Å². The summed E-state index contributed by atoms with van der Waals surface area (Å²) in [6.07, 6.45) is 6.21. The molecule has 8 nitrogen and oxygen atoms in total. The third-order valence-corrected chi connectivity index (χ3v) is 6.25. The molecule has 2 aromatic heterocycles. The van der Waals surface area contributed by atoms with Gasteiger partial charge in [0.2, 0.25) is 11.8 Å². The number of fused-ring (bicyclic) bond motifs is 4. The Bertz CT molecular complexity index is 1310. The van der Waals surface area contributed by atoms with Crippen molar-refractivity contribution in [2.45, 2.75) is 19.4 Å². The van der Waals surface area contributed by atoms with Crippen molar-refractivity contribution >= 4 is 11.6 Å². The molecule has 6 rings (SSSR count). The third kappa shape index (κ3) is 4.27. The molecule has 8 heteroatoms.